The van der Waals surface area contributed by atoms with Gasteiger partial charge in [0.05, 0.1) is 5.69 Å². The highest BCUT2D eigenvalue weighted by Gasteiger charge is 2.19. The Bertz CT molecular complexity index is 948. The minimum Gasteiger partial charge on any atom is -0.369 e. The summed E-state index contributed by atoms with van der Waals surface area (Å²) in [5, 5.41) is 8.22. The van der Waals surface area contributed by atoms with Crippen LogP contribution in [0.2, 0.25) is 5.15 Å². The molecule has 1 aliphatic rings. The summed E-state index contributed by atoms with van der Waals surface area (Å²) >= 11 is 6.21. The normalized spacial score (nSPS) is 17.3. The number of halogens is 1. The Morgan fingerprint density at radius 1 is 1.23 bits per heavy atom. The predicted octanol–water partition coefficient (Wildman–Crippen LogP) is 4.96. The lowest BCUT2D eigenvalue weighted by Crippen LogP contribution is -2.48. The Kier molecular flexibility index (Phi) is 7.56. The lowest BCUT2D eigenvalue weighted by atomic mass is 10.1. The smallest absolute Gasteiger partial charge is 0.177 e. The Morgan fingerprint density at radius 3 is 2.60 bits per heavy atom. The number of piperazine rings is 1. The monoisotopic (exact) mass is 428 g/mol. The largest absolute Gasteiger partial charge is 0.369 e. The van der Waals surface area contributed by atoms with Crippen molar-refractivity contribution in [1.29, 1.82) is 0 Å². The molecule has 0 amide bonds. The number of aromatic nitrogens is 3. The van der Waals surface area contributed by atoms with Crippen LogP contribution in [0.3, 0.4) is 0 Å². The van der Waals surface area contributed by atoms with Gasteiger partial charge in [-0.2, -0.15) is 5.10 Å². The van der Waals surface area contributed by atoms with Crippen LogP contribution < -0.4 is 5.32 Å². The van der Waals surface area contributed by atoms with E-state index in [1.165, 1.54) is 11.3 Å². The fourth-order valence-electron chi connectivity index (χ4n) is 3.65. The zero-order chi connectivity index (χ0) is 21.7. The number of nitrogens with one attached hydrogen (secondary N) is 1. The average Bonchev–Trinajstić information content (AvgIpc) is 3.21. The summed E-state index contributed by atoms with van der Waals surface area (Å²) in [5.41, 5.74) is 5.18. The van der Waals surface area contributed by atoms with Gasteiger partial charge in [0.1, 0.15) is 0 Å². The van der Waals surface area contributed by atoms with Crippen LogP contribution in [-0.2, 0) is 0 Å². The molecule has 2 aromatic heterocycles. The fraction of sp³-hybridized carbons (Fsp3) is 0.478. The van der Waals surface area contributed by atoms with Crippen molar-refractivity contribution in [2.45, 2.75) is 47.1 Å². The zero-order valence-corrected chi connectivity index (χ0v) is 19.4. The summed E-state index contributed by atoms with van der Waals surface area (Å²) in [4.78, 5) is 9.41. The zero-order valence-electron chi connectivity index (χ0n) is 18.7. The van der Waals surface area contributed by atoms with E-state index in [1.807, 2.05) is 6.07 Å². The van der Waals surface area contributed by atoms with Crippen molar-refractivity contribution in [3.8, 4) is 0 Å². The molecule has 0 atom stereocenters. The van der Waals surface area contributed by atoms with E-state index in [1.54, 1.807) is 16.9 Å². The second-order valence-electron chi connectivity index (χ2n) is 7.91. The molecule has 7 heteroatoms. The third-order valence-electron chi connectivity index (χ3n) is 5.71. The van der Waals surface area contributed by atoms with Gasteiger partial charge in [-0.15, -0.1) is 0 Å². The van der Waals surface area contributed by atoms with E-state index in [0.29, 0.717) is 11.2 Å². The quantitative estimate of drug-likeness (QED) is 0.631. The van der Waals surface area contributed by atoms with Gasteiger partial charge in [-0.1, -0.05) is 30.2 Å². The minimum atomic E-state index is 0.428. The second kappa shape index (κ2) is 10.1. The molecule has 0 spiro atoms. The maximum absolute atomic E-state index is 6.21. The molecule has 3 rings (SSSR count). The van der Waals surface area contributed by atoms with E-state index in [2.05, 4.69) is 78.0 Å². The summed E-state index contributed by atoms with van der Waals surface area (Å²) in [5.74, 6) is 0. The standard InChI is InChI=1S/C23H33ClN6/c1-6-18(5)20(26-21-16-22(24)27-30-11-10-25-23(21)30)9-8-19(7-2)29-14-12-28(13-15-29)17(3)4/h7-11,16-17,26H,6,12-15H2,1-5H3/b9-8-,19-7+,20-18+. The topological polar surface area (TPSA) is 48.7 Å². The molecule has 0 unspecified atom stereocenters. The highest BCUT2D eigenvalue weighted by Crippen LogP contribution is 2.23. The summed E-state index contributed by atoms with van der Waals surface area (Å²) in [6, 6.07) is 2.43. The van der Waals surface area contributed by atoms with E-state index < -0.39 is 0 Å². The first-order valence-corrected chi connectivity index (χ1v) is 11.1. The molecule has 0 aromatic carbocycles. The summed E-state index contributed by atoms with van der Waals surface area (Å²) in [7, 11) is 0. The third-order valence-corrected chi connectivity index (χ3v) is 5.90. The number of fused-ring (bicyclic) bond motifs is 1. The van der Waals surface area contributed by atoms with Crippen molar-refractivity contribution in [3.05, 3.63) is 58.8 Å². The van der Waals surface area contributed by atoms with Crippen molar-refractivity contribution in [2.75, 3.05) is 31.5 Å². The van der Waals surface area contributed by atoms with Gasteiger partial charge in [0.25, 0.3) is 0 Å². The molecule has 2 aromatic rings. The number of anilines is 1. The third kappa shape index (κ3) is 5.24. The number of nitrogens with zero attached hydrogens (tertiary/aromatic N) is 5. The number of hydrogen-bond donors (Lipinski definition) is 1. The maximum Gasteiger partial charge on any atom is 0.177 e. The summed E-state index contributed by atoms with van der Waals surface area (Å²) in [6.45, 7) is 15.3. The molecule has 1 fully saturated rings. The van der Waals surface area contributed by atoms with Gasteiger partial charge >= 0.3 is 0 Å². The number of imidazole rings is 1. The van der Waals surface area contributed by atoms with Crippen LogP contribution in [0.25, 0.3) is 5.65 Å². The molecule has 6 nitrogen and oxygen atoms in total. The van der Waals surface area contributed by atoms with Gasteiger partial charge in [0, 0.05) is 62.1 Å². The lowest BCUT2D eigenvalue weighted by molar-refractivity contribution is 0.132. The van der Waals surface area contributed by atoms with Gasteiger partial charge in [-0.25, -0.2) is 9.50 Å². The molecule has 0 saturated carbocycles. The van der Waals surface area contributed by atoms with E-state index >= 15 is 0 Å². The molecular weight excluding hydrogens is 396 g/mol. The highest BCUT2D eigenvalue weighted by atomic mass is 35.5. The molecular formula is C23H33ClN6. The predicted molar refractivity (Wildman–Crippen MR) is 126 cm³/mol. The second-order valence-corrected chi connectivity index (χ2v) is 8.30. The fourth-order valence-corrected chi connectivity index (χ4v) is 3.84. The molecule has 0 radical (unpaired) electrons. The Balaban J connectivity index is 1.79. The molecule has 1 N–H and O–H groups in total. The van der Waals surface area contributed by atoms with Gasteiger partial charge in [0.2, 0.25) is 0 Å². The molecule has 0 aliphatic carbocycles. The van der Waals surface area contributed by atoms with Crippen LogP contribution in [0.5, 0.6) is 0 Å². The molecule has 1 saturated heterocycles. The number of rotatable bonds is 7. The minimum absolute atomic E-state index is 0.428. The van der Waals surface area contributed by atoms with Crippen LogP contribution in [-0.4, -0.2) is 56.6 Å². The lowest BCUT2D eigenvalue weighted by Gasteiger charge is -2.38. The number of allylic oxidation sites excluding steroid dienone is 4. The first-order chi connectivity index (χ1) is 14.4. The van der Waals surface area contributed by atoms with Gasteiger partial charge < -0.3 is 10.2 Å². The molecule has 3 heterocycles. The van der Waals surface area contributed by atoms with Crippen LogP contribution in [0.15, 0.2) is 53.7 Å². The Hall–Kier alpha value is -2.31. The van der Waals surface area contributed by atoms with Crippen molar-refractivity contribution in [2.24, 2.45) is 0 Å². The van der Waals surface area contributed by atoms with E-state index in [4.69, 9.17) is 11.6 Å². The Morgan fingerprint density at radius 2 is 1.97 bits per heavy atom. The van der Waals surface area contributed by atoms with E-state index in [0.717, 1.165) is 49.6 Å². The average molecular weight is 429 g/mol. The maximum atomic E-state index is 6.21. The van der Waals surface area contributed by atoms with Crippen LogP contribution in [0.1, 0.15) is 41.0 Å². The first-order valence-electron chi connectivity index (χ1n) is 10.7. The highest BCUT2D eigenvalue weighted by molar-refractivity contribution is 6.29. The molecule has 0 bridgehead atoms. The van der Waals surface area contributed by atoms with Crippen LogP contribution in [0, 0.1) is 0 Å². The van der Waals surface area contributed by atoms with Crippen LogP contribution >= 0.6 is 11.6 Å². The van der Waals surface area contributed by atoms with Gasteiger partial charge in [-0.3, -0.25) is 4.90 Å². The van der Waals surface area contributed by atoms with Gasteiger partial charge in [-0.05, 0) is 46.3 Å². The molecule has 1 aliphatic heterocycles. The van der Waals surface area contributed by atoms with Crippen molar-refractivity contribution in [3.63, 3.8) is 0 Å². The van der Waals surface area contributed by atoms with Crippen molar-refractivity contribution < 1.29 is 0 Å². The van der Waals surface area contributed by atoms with Crippen LogP contribution in [0.4, 0.5) is 5.69 Å². The summed E-state index contributed by atoms with van der Waals surface area (Å²) in [6.07, 6.45) is 11.0. The first kappa shape index (κ1) is 22.4. The van der Waals surface area contributed by atoms with Gasteiger partial charge in [0.15, 0.2) is 10.8 Å². The SMILES string of the molecule is C\C=C(/C=C\C(Nc1cc(Cl)nn2ccnc12)=C(\C)CC)N1CCN(C(C)C)CC1. The van der Waals surface area contributed by atoms with Crippen molar-refractivity contribution in [1.82, 2.24) is 24.4 Å². The van der Waals surface area contributed by atoms with Crippen molar-refractivity contribution >= 4 is 22.9 Å². The molecule has 30 heavy (non-hydrogen) atoms. The Labute approximate surface area is 184 Å². The number of hydrogen-bond acceptors (Lipinski definition) is 5. The molecule has 162 valence electrons. The van der Waals surface area contributed by atoms with E-state index in [-0.39, 0.29) is 0 Å². The summed E-state index contributed by atoms with van der Waals surface area (Å²) < 4.78 is 1.69. The van der Waals surface area contributed by atoms with E-state index in [9.17, 15) is 0 Å².